The van der Waals surface area contributed by atoms with Crippen molar-refractivity contribution in [2.24, 2.45) is 0 Å². The molecule has 3 N–H and O–H groups in total. The van der Waals surface area contributed by atoms with Crippen molar-refractivity contribution < 1.29 is 24.5 Å². The van der Waals surface area contributed by atoms with Gasteiger partial charge in [0, 0.05) is 6.42 Å². The molecule has 6 heteroatoms. The first-order valence-corrected chi connectivity index (χ1v) is 28.3. The number of nitrogens with one attached hydrogen (secondary N) is 1. The van der Waals surface area contributed by atoms with E-state index in [0.29, 0.717) is 19.3 Å². The normalized spacial score (nSPS) is 13.8. The van der Waals surface area contributed by atoms with E-state index in [0.717, 1.165) is 103 Å². The van der Waals surface area contributed by atoms with Gasteiger partial charge in [-0.05, 0) is 89.9 Å². The lowest BCUT2D eigenvalue weighted by Gasteiger charge is -2.24. The number of allylic oxidation sites excluding steroid dienone is 14. The Morgan fingerprint density at radius 3 is 1.33 bits per heavy atom. The summed E-state index contributed by atoms with van der Waals surface area (Å²) in [5, 5.41) is 23.8. The van der Waals surface area contributed by atoms with E-state index in [4.69, 9.17) is 4.74 Å². The molecule has 0 bridgehead atoms. The maximum absolute atomic E-state index is 13.2. The van der Waals surface area contributed by atoms with E-state index in [1.165, 1.54) is 116 Å². The molecule has 0 aliphatic rings. The fourth-order valence-electron chi connectivity index (χ4n) is 8.22. The molecule has 0 aromatic carbocycles. The zero-order valence-electron chi connectivity index (χ0n) is 44.0. The van der Waals surface area contributed by atoms with Crippen LogP contribution in [0.25, 0.3) is 0 Å². The van der Waals surface area contributed by atoms with Gasteiger partial charge in [0.25, 0.3) is 0 Å². The van der Waals surface area contributed by atoms with Crippen LogP contribution in [0.4, 0.5) is 0 Å². The highest BCUT2D eigenvalue weighted by molar-refractivity contribution is 5.77. The standard InChI is InChI=1S/C61H107NO5/c1-4-7-10-13-16-19-22-25-27-29-31-33-36-39-42-45-48-51-54-61(66)67-57(52-49-46-43-40-37-35-32-30-28-26-23-20-17-14-11-8-5-2)55-60(65)62-58(56-63)59(64)53-50-47-44-41-38-34-24-21-18-15-12-9-6-3/h8,11,17,20,26-29,31-33,35,40,43,57-59,63-64H,4-7,9-10,12-16,18-19,21-25,30,34,36-39,41-42,44-56H2,1-3H3,(H,62,65)/b11-8-,20-17-,28-26-,29-27+,33-31+,35-32-,43-40-. The molecule has 6 nitrogen and oxygen atoms in total. The van der Waals surface area contributed by atoms with Crippen LogP contribution in [0.5, 0.6) is 0 Å². The fourth-order valence-corrected chi connectivity index (χ4v) is 8.22. The molecule has 0 rings (SSSR count). The van der Waals surface area contributed by atoms with Crippen molar-refractivity contribution in [3.63, 3.8) is 0 Å². The smallest absolute Gasteiger partial charge is 0.306 e. The quantitative estimate of drug-likeness (QED) is 0.0244. The minimum Gasteiger partial charge on any atom is -0.462 e. The van der Waals surface area contributed by atoms with Crippen molar-refractivity contribution in [2.45, 2.75) is 283 Å². The Morgan fingerprint density at radius 1 is 0.463 bits per heavy atom. The molecule has 0 aromatic heterocycles. The molecule has 0 fully saturated rings. The SMILES string of the molecule is CC/C=C\C/C=C\C/C=C\C/C=C\C/C=C\CCCC(CC(=O)NC(CO)C(O)CCCCCCCCCCCCCCC)OC(=O)CCCCCCC/C=C/C=C/CCCCCCCCC. The molecule has 0 saturated carbocycles. The van der Waals surface area contributed by atoms with Crippen LogP contribution in [-0.4, -0.2) is 46.9 Å². The number of aliphatic hydroxyl groups is 2. The fraction of sp³-hybridized carbons (Fsp3) is 0.738. The summed E-state index contributed by atoms with van der Waals surface area (Å²) in [5.74, 6) is -0.547. The predicted molar refractivity (Wildman–Crippen MR) is 291 cm³/mol. The summed E-state index contributed by atoms with van der Waals surface area (Å²) in [5.41, 5.74) is 0. The molecule has 3 atom stereocenters. The van der Waals surface area contributed by atoms with E-state index < -0.39 is 18.2 Å². The van der Waals surface area contributed by atoms with Crippen LogP contribution in [0.3, 0.4) is 0 Å². The third kappa shape index (κ3) is 49.3. The van der Waals surface area contributed by atoms with Crippen molar-refractivity contribution in [3.05, 3.63) is 85.1 Å². The Balaban J connectivity index is 4.71. The van der Waals surface area contributed by atoms with Crippen LogP contribution in [0.15, 0.2) is 85.1 Å². The van der Waals surface area contributed by atoms with Gasteiger partial charge in [0.15, 0.2) is 0 Å². The molecule has 0 aromatic rings. The Labute approximate surface area is 414 Å². The summed E-state index contributed by atoms with van der Waals surface area (Å²) in [6, 6.07) is -0.728. The number of unbranched alkanes of at least 4 members (excludes halogenated alkanes) is 25. The third-order valence-corrected chi connectivity index (χ3v) is 12.5. The van der Waals surface area contributed by atoms with E-state index >= 15 is 0 Å². The molecular weight excluding hydrogens is 827 g/mol. The van der Waals surface area contributed by atoms with Crippen LogP contribution < -0.4 is 5.32 Å². The minimum absolute atomic E-state index is 0.0290. The van der Waals surface area contributed by atoms with Gasteiger partial charge in [-0.2, -0.15) is 0 Å². The van der Waals surface area contributed by atoms with Gasteiger partial charge >= 0.3 is 5.97 Å². The van der Waals surface area contributed by atoms with Gasteiger partial charge in [0.2, 0.25) is 5.91 Å². The number of ether oxygens (including phenoxy) is 1. The number of esters is 1. The lowest BCUT2D eigenvalue weighted by Crippen LogP contribution is -2.46. The summed E-state index contributed by atoms with van der Waals surface area (Å²) < 4.78 is 5.92. The monoisotopic (exact) mass is 934 g/mol. The highest BCUT2D eigenvalue weighted by Gasteiger charge is 2.24. The Bertz CT molecular complexity index is 1280. The van der Waals surface area contributed by atoms with Gasteiger partial charge < -0.3 is 20.3 Å². The van der Waals surface area contributed by atoms with Crippen LogP contribution in [0.2, 0.25) is 0 Å². The molecule has 67 heavy (non-hydrogen) atoms. The van der Waals surface area contributed by atoms with E-state index in [2.05, 4.69) is 111 Å². The van der Waals surface area contributed by atoms with Crippen molar-refractivity contribution >= 4 is 11.9 Å². The van der Waals surface area contributed by atoms with Crippen LogP contribution >= 0.6 is 0 Å². The largest absolute Gasteiger partial charge is 0.462 e. The maximum atomic E-state index is 13.2. The van der Waals surface area contributed by atoms with Gasteiger partial charge in [0.05, 0.1) is 25.2 Å². The maximum Gasteiger partial charge on any atom is 0.306 e. The van der Waals surface area contributed by atoms with Gasteiger partial charge in [-0.1, -0.05) is 247 Å². The number of amides is 1. The van der Waals surface area contributed by atoms with E-state index in [1.54, 1.807) is 0 Å². The molecule has 0 saturated heterocycles. The summed E-state index contributed by atoms with van der Waals surface area (Å²) in [4.78, 5) is 26.2. The van der Waals surface area contributed by atoms with Crippen molar-refractivity contribution in [1.82, 2.24) is 5.32 Å². The van der Waals surface area contributed by atoms with Gasteiger partial charge in [0.1, 0.15) is 6.10 Å². The van der Waals surface area contributed by atoms with Crippen LogP contribution in [0.1, 0.15) is 265 Å². The number of carbonyl (C=O) groups excluding carboxylic acids is 2. The molecule has 1 amide bonds. The van der Waals surface area contributed by atoms with Crippen LogP contribution in [0, 0.1) is 0 Å². The molecule has 0 aliphatic heterocycles. The lowest BCUT2D eigenvalue weighted by molar-refractivity contribution is -0.151. The van der Waals surface area contributed by atoms with E-state index in [1.807, 2.05) is 0 Å². The third-order valence-electron chi connectivity index (χ3n) is 12.5. The Morgan fingerprint density at radius 2 is 0.866 bits per heavy atom. The first-order valence-electron chi connectivity index (χ1n) is 28.3. The average molecular weight is 935 g/mol. The van der Waals surface area contributed by atoms with Crippen molar-refractivity contribution in [3.8, 4) is 0 Å². The molecule has 0 radical (unpaired) electrons. The summed E-state index contributed by atoms with van der Waals surface area (Å²) in [6.45, 7) is 6.36. The number of rotatable bonds is 50. The Kier molecular flexibility index (Phi) is 51.6. The molecule has 3 unspecified atom stereocenters. The molecule has 0 spiro atoms. The molecule has 0 heterocycles. The number of hydrogen-bond acceptors (Lipinski definition) is 5. The lowest BCUT2D eigenvalue weighted by atomic mass is 10.0. The van der Waals surface area contributed by atoms with Gasteiger partial charge in [-0.25, -0.2) is 0 Å². The average Bonchev–Trinajstić information content (AvgIpc) is 3.32. The molecule has 386 valence electrons. The zero-order valence-corrected chi connectivity index (χ0v) is 44.0. The van der Waals surface area contributed by atoms with Crippen LogP contribution in [-0.2, 0) is 14.3 Å². The highest BCUT2D eigenvalue weighted by Crippen LogP contribution is 2.17. The van der Waals surface area contributed by atoms with Crippen molar-refractivity contribution in [1.29, 1.82) is 0 Å². The first-order chi connectivity index (χ1) is 33.0. The van der Waals surface area contributed by atoms with Crippen molar-refractivity contribution in [2.75, 3.05) is 6.61 Å². The summed E-state index contributed by atoms with van der Waals surface area (Å²) in [6.07, 6.45) is 70.8. The molecule has 0 aliphatic carbocycles. The minimum atomic E-state index is -0.810. The van der Waals surface area contributed by atoms with Gasteiger partial charge in [-0.3, -0.25) is 9.59 Å². The van der Waals surface area contributed by atoms with Gasteiger partial charge in [-0.15, -0.1) is 0 Å². The second kappa shape index (κ2) is 54.0. The summed E-state index contributed by atoms with van der Waals surface area (Å²) in [7, 11) is 0. The van der Waals surface area contributed by atoms with E-state index in [-0.39, 0.29) is 24.9 Å². The second-order valence-corrected chi connectivity index (χ2v) is 19.0. The number of carbonyl (C=O) groups is 2. The number of aliphatic hydroxyl groups excluding tert-OH is 2. The first kappa shape index (κ1) is 64.0. The molecular formula is C61H107NO5. The van der Waals surface area contributed by atoms with E-state index in [9.17, 15) is 19.8 Å². The predicted octanol–water partition coefficient (Wildman–Crippen LogP) is 17.5. The second-order valence-electron chi connectivity index (χ2n) is 19.0. The topological polar surface area (TPSA) is 95.9 Å². The Hall–Kier alpha value is -2.96. The highest BCUT2D eigenvalue weighted by atomic mass is 16.5. The summed E-state index contributed by atoms with van der Waals surface area (Å²) >= 11 is 0. The zero-order chi connectivity index (χ0) is 48.8. The number of hydrogen-bond donors (Lipinski definition) is 3.